The molecule has 8 heteroatoms. The zero-order valence-corrected chi connectivity index (χ0v) is 37.9. The molecule has 0 aliphatic rings. The van der Waals surface area contributed by atoms with E-state index in [0.29, 0.717) is 30.3 Å². The molecule has 3 rings (SSSR count). The van der Waals surface area contributed by atoms with Crippen molar-refractivity contribution in [3.05, 3.63) is 83.4 Å². The van der Waals surface area contributed by atoms with Crippen LogP contribution in [-0.4, -0.2) is 36.2 Å². The number of esters is 2. The molecule has 0 aliphatic heterocycles. The van der Waals surface area contributed by atoms with E-state index < -0.39 is 17.9 Å². The number of hydrogen-bond acceptors (Lipinski definition) is 7. The SMILES string of the molecule is CCCCCCCCCCCCCCCCOc1cc(OCCCCCCCCCCCCCCCC)cc(C(=O)Oc2ccc(C(=O)Oc3ccc(C(=O)O)cc3)cc2)c1. The van der Waals surface area contributed by atoms with Crippen LogP contribution in [0, 0.1) is 0 Å². The highest BCUT2D eigenvalue weighted by Crippen LogP contribution is 2.26. The smallest absolute Gasteiger partial charge is 0.343 e. The number of carbonyl (C=O) groups is 3. The molecule has 8 nitrogen and oxygen atoms in total. The van der Waals surface area contributed by atoms with Crippen LogP contribution in [0.15, 0.2) is 66.7 Å². The van der Waals surface area contributed by atoms with Crippen molar-refractivity contribution in [3.63, 3.8) is 0 Å². The van der Waals surface area contributed by atoms with Crippen molar-refractivity contribution in [2.24, 2.45) is 0 Å². The summed E-state index contributed by atoms with van der Waals surface area (Å²) in [5.41, 5.74) is 0.666. The van der Waals surface area contributed by atoms with Crippen molar-refractivity contribution in [3.8, 4) is 23.0 Å². The van der Waals surface area contributed by atoms with Gasteiger partial charge < -0.3 is 24.1 Å². The molecule has 0 fully saturated rings. The van der Waals surface area contributed by atoms with E-state index in [2.05, 4.69) is 13.8 Å². The Kier molecular flexibility index (Phi) is 27.9. The Morgan fingerprint density at radius 2 is 0.656 bits per heavy atom. The average Bonchev–Trinajstić information content (AvgIpc) is 3.26. The van der Waals surface area contributed by atoms with Crippen LogP contribution in [0.3, 0.4) is 0 Å². The third kappa shape index (κ3) is 24.0. The van der Waals surface area contributed by atoms with E-state index in [9.17, 15) is 14.4 Å². The fraction of sp³-hybridized carbons (Fsp3) is 0.604. The van der Waals surface area contributed by atoms with Gasteiger partial charge in [-0.15, -0.1) is 0 Å². The minimum absolute atomic E-state index is 0.0943. The predicted molar refractivity (Wildman–Crippen MR) is 248 cm³/mol. The molecule has 0 amide bonds. The number of aromatic carboxylic acids is 1. The Labute approximate surface area is 368 Å². The summed E-state index contributed by atoms with van der Waals surface area (Å²) < 4.78 is 23.4. The van der Waals surface area contributed by atoms with Crippen LogP contribution in [0.2, 0.25) is 0 Å². The zero-order chi connectivity index (χ0) is 43.6. The Morgan fingerprint density at radius 3 is 0.984 bits per heavy atom. The number of unbranched alkanes of at least 4 members (excludes halogenated alkanes) is 26. The van der Waals surface area contributed by atoms with Gasteiger partial charge in [-0.1, -0.05) is 181 Å². The van der Waals surface area contributed by atoms with Gasteiger partial charge in [0.05, 0.1) is 29.9 Å². The largest absolute Gasteiger partial charge is 0.493 e. The van der Waals surface area contributed by atoms with Crippen LogP contribution >= 0.6 is 0 Å². The fourth-order valence-corrected chi connectivity index (χ4v) is 7.49. The van der Waals surface area contributed by atoms with Crippen LogP contribution in [0.4, 0.5) is 0 Å². The van der Waals surface area contributed by atoms with Gasteiger partial charge in [0.15, 0.2) is 0 Å². The second-order valence-electron chi connectivity index (χ2n) is 16.7. The van der Waals surface area contributed by atoms with Crippen LogP contribution < -0.4 is 18.9 Å². The topological polar surface area (TPSA) is 108 Å². The molecule has 338 valence electrons. The lowest BCUT2D eigenvalue weighted by Gasteiger charge is -2.13. The van der Waals surface area contributed by atoms with Crippen LogP contribution in [0.1, 0.15) is 225 Å². The molecule has 0 bridgehead atoms. The summed E-state index contributed by atoms with van der Waals surface area (Å²) in [6.07, 6.45) is 36.3. The Bertz CT molecular complexity index is 1550. The molecular weight excluding hydrogens is 765 g/mol. The van der Waals surface area contributed by atoms with Crippen molar-refractivity contribution in [2.75, 3.05) is 13.2 Å². The number of benzene rings is 3. The summed E-state index contributed by atoms with van der Waals surface area (Å²) in [6.45, 7) is 5.67. The van der Waals surface area contributed by atoms with Crippen molar-refractivity contribution in [1.29, 1.82) is 0 Å². The van der Waals surface area contributed by atoms with Gasteiger partial charge >= 0.3 is 17.9 Å². The zero-order valence-electron chi connectivity index (χ0n) is 37.9. The van der Waals surface area contributed by atoms with E-state index in [1.54, 1.807) is 12.1 Å². The average molecular weight is 843 g/mol. The van der Waals surface area contributed by atoms with Gasteiger partial charge in [0.1, 0.15) is 23.0 Å². The van der Waals surface area contributed by atoms with Gasteiger partial charge in [-0.25, -0.2) is 14.4 Å². The molecule has 0 spiro atoms. The number of carboxylic acids is 1. The lowest BCUT2D eigenvalue weighted by atomic mass is 10.0. The molecule has 61 heavy (non-hydrogen) atoms. The standard InChI is InChI=1S/C53H78O8/c1-3-5-7-9-11-13-15-17-19-21-23-25-27-29-39-58-49-41-46(42-50(43-49)59-40-30-28-26-24-22-20-18-16-14-12-10-8-6-4-2)53(57)61-48-37-33-45(34-38-48)52(56)60-47-35-31-44(32-36-47)51(54)55/h31-38,41-43H,3-30,39-40H2,1-2H3,(H,54,55). The monoisotopic (exact) mass is 843 g/mol. The van der Waals surface area contributed by atoms with Crippen LogP contribution in [-0.2, 0) is 0 Å². The lowest BCUT2D eigenvalue weighted by molar-refractivity contribution is 0.0694. The first-order valence-corrected chi connectivity index (χ1v) is 24.2. The number of ether oxygens (including phenoxy) is 4. The fourth-order valence-electron chi connectivity index (χ4n) is 7.49. The summed E-state index contributed by atoms with van der Waals surface area (Å²) in [5, 5.41) is 9.10. The highest BCUT2D eigenvalue weighted by Gasteiger charge is 2.15. The maximum atomic E-state index is 13.4. The van der Waals surface area contributed by atoms with E-state index in [-0.39, 0.29) is 22.6 Å². The summed E-state index contributed by atoms with van der Waals surface area (Å²) in [6, 6.07) is 16.9. The molecule has 0 aromatic heterocycles. The molecule has 0 saturated carbocycles. The van der Waals surface area contributed by atoms with Crippen molar-refractivity contribution >= 4 is 17.9 Å². The molecule has 0 aliphatic carbocycles. The number of carbonyl (C=O) groups excluding carboxylic acids is 2. The maximum Gasteiger partial charge on any atom is 0.343 e. The minimum Gasteiger partial charge on any atom is -0.493 e. The highest BCUT2D eigenvalue weighted by molar-refractivity contribution is 5.93. The first kappa shape index (κ1) is 51.0. The highest BCUT2D eigenvalue weighted by atomic mass is 16.5. The minimum atomic E-state index is -1.06. The van der Waals surface area contributed by atoms with Gasteiger partial charge in [0.2, 0.25) is 0 Å². The summed E-state index contributed by atoms with van der Waals surface area (Å²) in [4.78, 5) is 37.2. The number of hydrogen-bond donors (Lipinski definition) is 1. The third-order valence-electron chi connectivity index (χ3n) is 11.3. The first-order valence-electron chi connectivity index (χ1n) is 24.2. The van der Waals surface area contributed by atoms with Gasteiger partial charge in [0.25, 0.3) is 0 Å². The Hall–Kier alpha value is -4.33. The van der Waals surface area contributed by atoms with E-state index >= 15 is 0 Å². The molecule has 1 N–H and O–H groups in total. The maximum absolute atomic E-state index is 13.4. The second kappa shape index (κ2) is 33.3. The summed E-state index contributed by atoms with van der Waals surface area (Å²) >= 11 is 0. The molecule has 0 unspecified atom stereocenters. The van der Waals surface area contributed by atoms with Crippen LogP contribution in [0.5, 0.6) is 23.0 Å². The molecule has 3 aromatic rings. The van der Waals surface area contributed by atoms with E-state index in [1.165, 1.54) is 203 Å². The first-order chi connectivity index (χ1) is 29.9. The van der Waals surface area contributed by atoms with E-state index in [1.807, 2.05) is 6.07 Å². The number of carboxylic acid groups (broad SMARTS) is 1. The molecular formula is C53H78O8. The predicted octanol–water partition coefficient (Wildman–Crippen LogP) is 15.5. The van der Waals surface area contributed by atoms with Crippen molar-refractivity contribution in [2.45, 2.75) is 194 Å². The summed E-state index contributed by atoms with van der Waals surface area (Å²) in [7, 11) is 0. The lowest BCUT2D eigenvalue weighted by Crippen LogP contribution is -2.11. The molecule has 0 saturated heterocycles. The molecule has 0 radical (unpaired) electrons. The second-order valence-corrected chi connectivity index (χ2v) is 16.7. The van der Waals surface area contributed by atoms with Gasteiger partial charge in [-0.3, -0.25) is 0 Å². The van der Waals surface area contributed by atoms with Crippen molar-refractivity contribution in [1.82, 2.24) is 0 Å². The normalized spacial score (nSPS) is 11.0. The molecule has 0 heterocycles. The van der Waals surface area contributed by atoms with Gasteiger partial charge in [0, 0.05) is 6.07 Å². The number of rotatable bonds is 37. The molecule has 0 atom stereocenters. The van der Waals surface area contributed by atoms with E-state index in [0.717, 1.165) is 25.7 Å². The van der Waals surface area contributed by atoms with Gasteiger partial charge in [-0.2, -0.15) is 0 Å². The molecule has 3 aromatic carbocycles. The van der Waals surface area contributed by atoms with Crippen molar-refractivity contribution < 1.29 is 38.4 Å². The Balaban J connectivity index is 1.43. The van der Waals surface area contributed by atoms with Gasteiger partial charge in [-0.05, 0) is 73.5 Å². The third-order valence-corrected chi connectivity index (χ3v) is 11.3. The summed E-state index contributed by atoms with van der Waals surface area (Å²) in [5.74, 6) is -0.594. The Morgan fingerprint density at radius 1 is 0.361 bits per heavy atom. The quantitative estimate of drug-likeness (QED) is 0.0347. The van der Waals surface area contributed by atoms with Crippen LogP contribution in [0.25, 0.3) is 0 Å². The van der Waals surface area contributed by atoms with E-state index in [4.69, 9.17) is 24.1 Å².